The predicted octanol–water partition coefficient (Wildman–Crippen LogP) is 2.84. The van der Waals surface area contributed by atoms with Gasteiger partial charge in [0.05, 0.1) is 13.2 Å². The molecule has 0 saturated heterocycles. The number of oxazole rings is 1. The molecule has 1 atom stereocenters. The molecule has 0 aliphatic rings. The number of para-hydroxylation sites is 2. The average molecular weight is 293 g/mol. The highest BCUT2D eigenvalue weighted by Crippen LogP contribution is 2.24. The molecule has 1 heterocycles. The molecule has 20 heavy (non-hydrogen) atoms. The standard InChI is InChI=1S/C14H15NO4S/c1-3-17-13(16)11(14(20)18-4-2)12-15-9-7-5-6-8-10(9)19-12/h5-8,11H,3-4H2,1-2H3. The highest BCUT2D eigenvalue weighted by Gasteiger charge is 2.33. The SMILES string of the molecule is CCOC(=O)C(C(=S)OCC)c1nc2ccccc2o1. The van der Waals surface area contributed by atoms with Crippen molar-refractivity contribution in [3.05, 3.63) is 30.2 Å². The predicted molar refractivity (Wildman–Crippen MR) is 77.6 cm³/mol. The Morgan fingerprint density at radius 2 is 2.00 bits per heavy atom. The summed E-state index contributed by atoms with van der Waals surface area (Å²) in [6.45, 7) is 4.14. The molecule has 0 aliphatic carbocycles. The summed E-state index contributed by atoms with van der Waals surface area (Å²) in [6.07, 6.45) is 0. The number of hydrogen-bond acceptors (Lipinski definition) is 6. The first-order chi connectivity index (χ1) is 9.67. The van der Waals surface area contributed by atoms with Gasteiger partial charge in [-0.1, -0.05) is 12.1 Å². The quantitative estimate of drug-likeness (QED) is 0.624. The molecule has 2 aromatic rings. The molecular weight excluding hydrogens is 278 g/mol. The molecule has 5 nitrogen and oxygen atoms in total. The van der Waals surface area contributed by atoms with Crippen LogP contribution in [0, 0.1) is 0 Å². The van der Waals surface area contributed by atoms with E-state index >= 15 is 0 Å². The summed E-state index contributed by atoms with van der Waals surface area (Å²) < 4.78 is 15.9. The molecule has 1 aromatic carbocycles. The Morgan fingerprint density at radius 3 is 2.65 bits per heavy atom. The van der Waals surface area contributed by atoms with E-state index in [9.17, 15) is 4.79 Å². The highest BCUT2D eigenvalue weighted by molar-refractivity contribution is 7.80. The van der Waals surface area contributed by atoms with Gasteiger partial charge in [-0.3, -0.25) is 4.79 Å². The van der Waals surface area contributed by atoms with E-state index in [1.54, 1.807) is 26.0 Å². The van der Waals surface area contributed by atoms with Crippen molar-refractivity contribution in [2.75, 3.05) is 13.2 Å². The number of nitrogens with zero attached hydrogens (tertiary/aromatic N) is 1. The van der Waals surface area contributed by atoms with Gasteiger partial charge in [0.1, 0.15) is 5.52 Å². The summed E-state index contributed by atoms with van der Waals surface area (Å²) in [5, 5.41) is 0.109. The normalized spacial score (nSPS) is 12.1. The smallest absolute Gasteiger partial charge is 0.327 e. The van der Waals surface area contributed by atoms with Gasteiger partial charge >= 0.3 is 5.97 Å². The maximum absolute atomic E-state index is 12.0. The van der Waals surface area contributed by atoms with Crippen molar-refractivity contribution in [2.45, 2.75) is 19.8 Å². The van der Waals surface area contributed by atoms with E-state index in [4.69, 9.17) is 26.1 Å². The van der Waals surface area contributed by atoms with Crippen LogP contribution in [0.25, 0.3) is 11.1 Å². The fraction of sp³-hybridized carbons (Fsp3) is 0.357. The maximum Gasteiger partial charge on any atom is 0.327 e. The Balaban J connectivity index is 2.38. The molecule has 6 heteroatoms. The molecule has 2 rings (SSSR count). The molecule has 0 saturated carbocycles. The summed E-state index contributed by atoms with van der Waals surface area (Å²) in [5.74, 6) is -1.24. The minimum absolute atomic E-state index is 0.109. The van der Waals surface area contributed by atoms with Crippen LogP contribution in [0.1, 0.15) is 25.7 Å². The number of fused-ring (bicyclic) bond motifs is 1. The van der Waals surface area contributed by atoms with Crippen LogP contribution in [0.3, 0.4) is 0 Å². The van der Waals surface area contributed by atoms with Crippen LogP contribution in [0.5, 0.6) is 0 Å². The molecule has 1 unspecified atom stereocenters. The second-order valence-electron chi connectivity index (χ2n) is 3.96. The summed E-state index contributed by atoms with van der Waals surface area (Å²) >= 11 is 5.13. The Kier molecular flexibility index (Phi) is 4.68. The number of rotatable bonds is 5. The minimum Gasteiger partial charge on any atom is -0.486 e. The zero-order valence-corrected chi connectivity index (χ0v) is 12.1. The summed E-state index contributed by atoms with van der Waals surface area (Å²) in [4.78, 5) is 16.3. The summed E-state index contributed by atoms with van der Waals surface area (Å²) in [6, 6.07) is 7.25. The van der Waals surface area contributed by atoms with Crippen molar-refractivity contribution in [1.82, 2.24) is 4.98 Å². The first-order valence-electron chi connectivity index (χ1n) is 6.36. The third-order valence-corrected chi connectivity index (χ3v) is 2.96. The monoisotopic (exact) mass is 293 g/mol. The average Bonchev–Trinajstić information content (AvgIpc) is 2.82. The zero-order chi connectivity index (χ0) is 14.5. The summed E-state index contributed by atoms with van der Waals surface area (Å²) in [5.41, 5.74) is 1.26. The fourth-order valence-corrected chi connectivity index (χ4v) is 2.08. The van der Waals surface area contributed by atoms with E-state index in [0.29, 0.717) is 17.7 Å². The molecule has 0 spiro atoms. The molecular formula is C14H15NO4S. The fourth-order valence-electron chi connectivity index (χ4n) is 1.76. The van der Waals surface area contributed by atoms with Crippen LogP contribution in [0.4, 0.5) is 0 Å². The lowest BCUT2D eigenvalue weighted by Gasteiger charge is -2.13. The Hall–Kier alpha value is -1.95. The number of carbonyl (C=O) groups is 1. The van der Waals surface area contributed by atoms with Gasteiger partial charge in [-0.2, -0.15) is 0 Å². The second-order valence-corrected chi connectivity index (χ2v) is 4.36. The number of carbonyl (C=O) groups excluding carboxylic acids is 1. The van der Waals surface area contributed by atoms with Crippen molar-refractivity contribution >= 4 is 34.3 Å². The van der Waals surface area contributed by atoms with Gasteiger partial charge in [0.25, 0.3) is 0 Å². The zero-order valence-electron chi connectivity index (χ0n) is 11.3. The Labute approximate surface area is 121 Å². The van der Waals surface area contributed by atoms with Gasteiger partial charge in [0.2, 0.25) is 11.8 Å². The molecule has 1 aromatic heterocycles. The van der Waals surface area contributed by atoms with Crippen molar-refractivity contribution in [1.29, 1.82) is 0 Å². The molecule has 0 N–H and O–H groups in total. The molecule has 0 bridgehead atoms. The van der Waals surface area contributed by atoms with Gasteiger partial charge in [0, 0.05) is 0 Å². The molecule has 0 aliphatic heterocycles. The lowest BCUT2D eigenvalue weighted by molar-refractivity contribution is -0.143. The Bertz CT molecular complexity index is 571. The van der Waals surface area contributed by atoms with E-state index < -0.39 is 11.9 Å². The Morgan fingerprint density at radius 1 is 1.30 bits per heavy atom. The van der Waals surface area contributed by atoms with Crippen molar-refractivity contribution < 1.29 is 18.7 Å². The lowest BCUT2D eigenvalue weighted by atomic mass is 10.1. The third kappa shape index (κ3) is 2.96. The number of ether oxygens (including phenoxy) is 2. The van der Waals surface area contributed by atoms with Gasteiger partial charge in [-0.15, -0.1) is 0 Å². The van der Waals surface area contributed by atoms with Gasteiger partial charge in [-0.25, -0.2) is 4.98 Å². The number of aromatic nitrogens is 1. The van der Waals surface area contributed by atoms with Crippen molar-refractivity contribution in [3.8, 4) is 0 Å². The number of benzene rings is 1. The van der Waals surface area contributed by atoms with Crippen LogP contribution in [0.2, 0.25) is 0 Å². The summed E-state index contributed by atoms with van der Waals surface area (Å²) in [7, 11) is 0. The minimum atomic E-state index is -0.919. The maximum atomic E-state index is 12.0. The van der Waals surface area contributed by atoms with Gasteiger partial charge in [0.15, 0.2) is 10.6 Å². The first-order valence-corrected chi connectivity index (χ1v) is 6.77. The van der Waals surface area contributed by atoms with Crippen LogP contribution < -0.4 is 0 Å². The largest absolute Gasteiger partial charge is 0.486 e. The molecule has 0 amide bonds. The lowest BCUT2D eigenvalue weighted by Crippen LogP contribution is -2.25. The molecule has 0 fully saturated rings. The second kappa shape index (κ2) is 6.47. The van der Waals surface area contributed by atoms with E-state index in [1.165, 1.54) is 0 Å². The molecule has 106 valence electrons. The van der Waals surface area contributed by atoms with Gasteiger partial charge in [-0.05, 0) is 38.2 Å². The van der Waals surface area contributed by atoms with Crippen LogP contribution in [0.15, 0.2) is 28.7 Å². The van der Waals surface area contributed by atoms with E-state index in [2.05, 4.69) is 4.98 Å². The molecule has 0 radical (unpaired) electrons. The van der Waals surface area contributed by atoms with E-state index in [0.717, 1.165) is 0 Å². The number of hydrogen-bond donors (Lipinski definition) is 0. The van der Waals surface area contributed by atoms with Crippen LogP contribution in [-0.2, 0) is 14.3 Å². The highest BCUT2D eigenvalue weighted by atomic mass is 32.1. The van der Waals surface area contributed by atoms with Crippen LogP contribution >= 0.6 is 12.2 Å². The van der Waals surface area contributed by atoms with Gasteiger partial charge < -0.3 is 13.9 Å². The van der Waals surface area contributed by atoms with E-state index in [1.807, 2.05) is 12.1 Å². The van der Waals surface area contributed by atoms with E-state index in [-0.39, 0.29) is 17.5 Å². The number of thiocarbonyl (C=S) groups is 1. The van der Waals surface area contributed by atoms with Crippen molar-refractivity contribution in [3.63, 3.8) is 0 Å². The van der Waals surface area contributed by atoms with Crippen molar-refractivity contribution in [2.24, 2.45) is 0 Å². The van der Waals surface area contributed by atoms with Crippen LogP contribution in [-0.4, -0.2) is 29.2 Å². The first kappa shape index (κ1) is 14.5. The topological polar surface area (TPSA) is 61.6 Å². The number of esters is 1. The third-order valence-electron chi connectivity index (χ3n) is 2.60.